The first-order chi connectivity index (χ1) is 15.3. The Kier molecular flexibility index (Phi) is 7.02. The minimum atomic E-state index is -3.82. The van der Waals surface area contributed by atoms with Crippen molar-refractivity contribution < 1.29 is 17.9 Å². The molecule has 11 heteroatoms. The highest BCUT2D eigenvalue weighted by atomic mass is 35.5. The summed E-state index contributed by atoms with van der Waals surface area (Å²) in [7, 11) is -3.82. The Morgan fingerprint density at radius 2 is 1.75 bits per heavy atom. The molecule has 32 heavy (non-hydrogen) atoms. The van der Waals surface area contributed by atoms with Crippen molar-refractivity contribution >= 4 is 55.6 Å². The van der Waals surface area contributed by atoms with Crippen molar-refractivity contribution in [1.29, 1.82) is 0 Å². The molecule has 7 nitrogen and oxygen atoms in total. The number of carbonyl (C=O) groups excluding carboxylic acids is 1. The SMILES string of the molecule is O=C(Cc1csc(NS(=O)(=O)c2ccc(-c3ccc(Cl)c(Cl)c3)cc2)n1)N1CCOCC1. The molecule has 0 atom stereocenters. The van der Waals surface area contributed by atoms with Gasteiger partial charge in [-0.15, -0.1) is 11.3 Å². The van der Waals surface area contributed by atoms with Gasteiger partial charge in [-0.05, 0) is 35.4 Å². The molecule has 1 aliphatic rings. The molecule has 4 rings (SSSR count). The van der Waals surface area contributed by atoms with Gasteiger partial charge in [0.25, 0.3) is 10.0 Å². The molecular weight excluding hydrogens is 493 g/mol. The average molecular weight is 512 g/mol. The largest absolute Gasteiger partial charge is 0.378 e. The second-order valence-electron chi connectivity index (χ2n) is 7.07. The van der Waals surface area contributed by atoms with Gasteiger partial charge < -0.3 is 9.64 Å². The highest BCUT2D eigenvalue weighted by Gasteiger charge is 2.20. The van der Waals surface area contributed by atoms with E-state index in [1.165, 1.54) is 12.1 Å². The van der Waals surface area contributed by atoms with Crippen LogP contribution in [0.25, 0.3) is 11.1 Å². The summed E-state index contributed by atoms with van der Waals surface area (Å²) in [6, 6.07) is 11.6. The lowest BCUT2D eigenvalue weighted by Gasteiger charge is -2.26. The topological polar surface area (TPSA) is 88.6 Å². The Bertz CT molecular complexity index is 1220. The minimum Gasteiger partial charge on any atom is -0.378 e. The number of amides is 1. The van der Waals surface area contributed by atoms with E-state index in [0.717, 1.165) is 22.5 Å². The van der Waals surface area contributed by atoms with Crippen molar-refractivity contribution in [3.8, 4) is 11.1 Å². The molecule has 0 spiro atoms. The van der Waals surface area contributed by atoms with Crippen molar-refractivity contribution in [3.05, 3.63) is 63.6 Å². The first-order valence-corrected chi connectivity index (χ1v) is 12.8. The molecule has 168 valence electrons. The van der Waals surface area contributed by atoms with Crippen molar-refractivity contribution in [3.63, 3.8) is 0 Å². The second-order valence-corrected chi connectivity index (χ2v) is 10.4. The van der Waals surface area contributed by atoms with Gasteiger partial charge in [0.1, 0.15) is 0 Å². The standard InChI is InChI=1S/C21H19Cl2N3O4S2/c22-18-6-3-15(11-19(18)23)14-1-4-17(5-2-14)32(28,29)25-21-24-16(13-31-21)12-20(27)26-7-9-30-10-8-26/h1-6,11,13H,7-10,12H2,(H,24,25). The van der Waals surface area contributed by atoms with Crippen LogP contribution in [0.1, 0.15) is 5.69 Å². The molecule has 0 unspecified atom stereocenters. The third-order valence-corrected chi connectivity index (χ3v) is 7.92. The molecular formula is C21H19Cl2N3O4S2. The normalized spacial score (nSPS) is 14.4. The van der Waals surface area contributed by atoms with Crippen LogP contribution in [-0.2, 0) is 26.0 Å². The predicted octanol–water partition coefficient (Wildman–Crippen LogP) is 4.32. The summed E-state index contributed by atoms with van der Waals surface area (Å²) in [4.78, 5) is 18.4. The highest BCUT2D eigenvalue weighted by molar-refractivity contribution is 7.93. The van der Waals surface area contributed by atoms with E-state index in [2.05, 4.69) is 9.71 Å². The zero-order valence-corrected chi connectivity index (χ0v) is 19.9. The summed E-state index contributed by atoms with van der Waals surface area (Å²) >= 11 is 13.1. The molecule has 0 bridgehead atoms. The third kappa shape index (κ3) is 5.41. The second kappa shape index (κ2) is 9.76. The molecule has 3 aromatic rings. The monoisotopic (exact) mass is 511 g/mol. The number of ether oxygens (including phenoxy) is 1. The number of hydrogen-bond acceptors (Lipinski definition) is 6. The Morgan fingerprint density at radius 1 is 1.06 bits per heavy atom. The summed E-state index contributed by atoms with van der Waals surface area (Å²) in [5, 5.41) is 2.77. The summed E-state index contributed by atoms with van der Waals surface area (Å²) in [6.07, 6.45) is 0.122. The van der Waals surface area contributed by atoms with E-state index >= 15 is 0 Å². The van der Waals surface area contributed by atoms with Gasteiger partial charge in [-0.1, -0.05) is 41.4 Å². The van der Waals surface area contributed by atoms with Crippen molar-refractivity contribution in [2.24, 2.45) is 0 Å². The quantitative estimate of drug-likeness (QED) is 0.532. The van der Waals surface area contributed by atoms with E-state index in [-0.39, 0.29) is 22.4 Å². The smallest absolute Gasteiger partial charge is 0.263 e. The van der Waals surface area contributed by atoms with Crippen molar-refractivity contribution in [1.82, 2.24) is 9.88 Å². The molecule has 1 aromatic heterocycles. The fourth-order valence-corrected chi connectivity index (χ4v) is 5.45. The van der Waals surface area contributed by atoms with Crippen LogP contribution in [0.3, 0.4) is 0 Å². The molecule has 0 saturated carbocycles. The lowest BCUT2D eigenvalue weighted by atomic mass is 10.1. The number of carbonyl (C=O) groups is 1. The number of rotatable bonds is 6. The number of hydrogen-bond donors (Lipinski definition) is 1. The first-order valence-electron chi connectivity index (χ1n) is 9.70. The number of morpholine rings is 1. The number of benzene rings is 2. The van der Waals surface area contributed by atoms with E-state index in [4.69, 9.17) is 27.9 Å². The van der Waals surface area contributed by atoms with Crippen LogP contribution in [0.5, 0.6) is 0 Å². The van der Waals surface area contributed by atoms with Crippen LogP contribution >= 0.6 is 34.5 Å². The molecule has 1 saturated heterocycles. The van der Waals surface area contributed by atoms with Gasteiger partial charge in [0.05, 0.1) is 40.3 Å². The molecule has 1 N–H and O–H groups in total. The lowest BCUT2D eigenvalue weighted by molar-refractivity contribution is -0.134. The van der Waals surface area contributed by atoms with Crippen LogP contribution in [0, 0.1) is 0 Å². The van der Waals surface area contributed by atoms with Crippen LogP contribution in [0.15, 0.2) is 52.7 Å². The summed E-state index contributed by atoms with van der Waals surface area (Å²) in [6.45, 7) is 2.16. The van der Waals surface area contributed by atoms with Gasteiger partial charge in [-0.3, -0.25) is 9.52 Å². The number of anilines is 1. The number of aromatic nitrogens is 1. The van der Waals surface area contributed by atoms with Crippen molar-refractivity contribution in [2.45, 2.75) is 11.3 Å². The minimum absolute atomic E-state index is 0.0501. The summed E-state index contributed by atoms with van der Waals surface area (Å²) in [5.74, 6) is -0.0501. The van der Waals surface area contributed by atoms with Gasteiger partial charge in [-0.2, -0.15) is 0 Å². The number of thiazole rings is 1. The first kappa shape index (κ1) is 23.0. The van der Waals surface area contributed by atoms with Crippen LogP contribution in [-0.4, -0.2) is 50.5 Å². The van der Waals surface area contributed by atoms with Gasteiger partial charge in [-0.25, -0.2) is 13.4 Å². The Labute approximate surface area is 200 Å². The number of halogens is 2. The predicted molar refractivity (Wildman–Crippen MR) is 126 cm³/mol. The molecule has 0 aliphatic carbocycles. The molecule has 1 aliphatic heterocycles. The Morgan fingerprint density at radius 3 is 2.44 bits per heavy atom. The fourth-order valence-electron chi connectivity index (χ4n) is 3.19. The van der Waals surface area contributed by atoms with Gasteiger partial charge in [0, 0.05) is 18.5 Å². The average Bonchev–Trinajstić information content (AvgIpc) is 3.22. The Balaban J connectivity index is 1.43. The van der Waals surface area contributed by atoms with E-state index in [1.807, 2.05) is 6.07 Å². The zero-order chi connectivity index (χ0) is 22.7. The Hall–Kier alpha value is -2.17. The van der Waals surface area contributed by atoms with Crippen LogP contribution in [0.4, 0.5) is 5.13 Å². The zero-order valence-electron chi connectivity index (χ0n) is 16.8. The van der Waals surface area contributed by atoms with E-state index < -0.39 is 10.0 Å². The van der Waals surface area contributed by atoms with E-state index in [9.17, 15) is 13.2 Å². The molecule has 2 heterocycles. The van der Waals surface area contributed by atoms with Crippen molar-refractivity contribution in [2.75, 3.05) is 31.0 Å². The number of nitrogens with one attached hydrogen (secondary N) is 1. The van der Waals surface area contributed by atoms with Gasteiger partial charge in [0.2, 0.25) is 5.91 Å². The molecule has 2 aromatic carbocycles. The van der Waals surface area contributed by atoms with Crippen LogP contribution < -0.4 is 4.72 Å². The number of nitrogens with zero attached hydrogens (tertiary/aromatic N) is 2. The van der Waals surface area contributed by atoms with E-state index in [1.54, 1.807) is 34.5 Å². The number of sulfonamides is 1. The summed E-state index contributed by atoms with van der Waals surface area (Å²) in [5.41, 5.74) is 2.16. The maximum atomic E-state index is 12.8. The fraction of sp³-hybridized carbons (Fsp3) is 0.238. The summed E-state index contributed by atoms with van der Waals surface area (Å²) < 4.78 is 33.2. The lowest BCUT2D eigenvalue weighted by Crippen LogP contribution is -2.41. The van der Waals surface area contributed by atoms with Gasteiger partial charge >= 0.3 is 0 Å². The van der Waals surface area contributed by atoms with Gasteiger partial charge in [0.15, 0.2) is 5.13 Å². The van der Waals surface area contributed by atoms with E-state index in [0.29, 0.717) is 42.0 Å². The molecule has 1 amide bonds. The maximum absolute atomic E-state index is 12.8. The highest BCUT2D eigenvalue weighted by Crippen LogP contribution is 2.29. The molecule has 0 radical (unpaired) electrons. The van der Waals surface area contributed by atoms with Crippen LogP contribution in [0.2, 0.25) is 10.0 Å². The molecule has 1 fully saturated rings. The third-order valence-electron chi connectivity index (χ3n) is 4.89. The maximum Gasteiger partial charge on any atom is 0.263 e.